The molecule has 0 bridgehead atoms. The molecule has 0 unspecified atom stereocenters. The molecule has 154 valence electrons. The van der Waals surface area contributed by atoms with Crippen LogP contribution in [0.5, 0.6) is 5.75 Å². The Morgan fingerprint density at radius 2 is 1.90 bits per heavy atom. The molecule has 2 aromatic carbocycles. The molecule has 0 spiro atoms. The molecule has 3 aromatic rings. The van der Waals surface area contributed by atoms with E-state index < -0.39 is 0 Å². The number of likely N-dealkylation sites (N-methyl/N-ethyl adjacent to an activating group) is 1. The molecule has 0 radical (unpaired) electrons. The van der Waals surface area contributed by atoms with Gasteiger partial charge in [-0.2, -0.15) is 0 Å². The molecule has 29 heavy (non-hydrogen) atoms. The third-order valence-corrected chi connectivity index (χ3v) is 5.21. The highest BCUT2D eigenvalue weighted by Crippen LogP contribution is 2.21. The van der Waals surface area contributed by atoms with Gasteiger partial charge in [0.25, 0.3) is 0 Å². The number of urea groups is 1. The molecule has 0 aliphatic heterocycles. The van der Waals surface area contributed by atoms with Crippen LogP contribution >= 0.6 is 0 Å². The molecule has 2 N–H and O–H groups in total. The molecule has 0 aliphatic rings. The van der Waals surface area contributed by atoms with Gasteiger partial charge in [0.05, 0.1) is 7.11 Å². The molecule has 0 atom stereocenters. The van der Waals surface area contributed by atoms with Crippen LogP contribution < -0.4 is 15.4 Å². The zero-order chi connectivity index (χ0) is 20.6. The highest BCUT2D eigenvalue weighted by molar-refractivity contribution is 5.93. The van der Waals surface area contributed by atoms with Gasteiger partial charge < -0.3 is 24.8 Å². The van der Waals surface area contributed by atoms with Crippen molar-refractivity contribution in [1.82, 2.24) is 14.8 Å². The highest BCUT2D eigenvalue weighted by atomic mass is 16.5. The minimum absolute atomic E-state index is 0.240. The lowest BCUT2D eigenvalue weighted by atomic mass is 10.2. The predicted octanol–water partition coefficient (Wildman–Crippen LogP) is 4.31. The number of carbonyl (C=O) groups excluding carboxylic acids is 1. The maximum Gasteiger partial charge on any atom is 0.319 e. The van der Waals surface area contributed by atoms with Gasteiger partial charge in [-0.05, 0) is 43.4 Å². The normalized spacial score (nSPS) is 11.0. The number of aromatic nitrogens is 1. The molecule has 2 amide bonds. The number of carbonyl (C=O) groups is 1. The summed E-state index contributed by atoms with van der Waals surface area (Å²) >= 11 is 0. The average molecular weight is 395 g/mol. The minimum Gasteiger partial charge on any atom is -0.496 e. The van der Waals surface area contributed by atoms with Crippen LogP contribution in [0, 0.1) is 0 Å². The second-order valence-electron chi connectivity index (χ2n) is 6.93. The lowest BCUT2D eigenvalue weighted by Gasteiger charge is -2.18. The van der Waals surface area contributed by atoms with Crippen molar-refractivity contribution in [3.8, 4) is 5.75 Å². The third-order valence-electron chi connectivity index (χ3n) is 5.21. The minimum atomic E-state index is -0.240. The van der Waals surface area contributed by atoms with Crippen LogP contribution in [0.25, 0.3) is 10.9 Å². The Hall–Kier alpha value is -2.99. The number of nitrogens with one attached hydrogen (secondary N) is 2. The second-order valence-corrected chi connectivity index (χ2v) is 6.93. The summed E-state index contributed by atoms with van der Waals surface area (Å²) in [7, 11) is 1.63. The first-order chi connectivity index (χ1) is 14.1. The third kappa shape index (κ3) is 5.29. The summed E-state index contributed by atoms with van der Waals surface area (Å²) in [6.45, 7) is 8.89. The number of nitrogens with zero attached hydrogens (tertiary/aromatic N) is 2. The van der Waals surface area contributed by atoms with Crippen molar-refractivity contribution in [1.29, 1.82) is 0 Å². The predicted molar refractivity (Wildman–Crippen MR) is 119 cm³/mol. The van der Waals surface area contributed by atoms with Gasteiger partial charge in [0.2, 0.25) is 0 Å². The van der Waals surface area contributed by atoms with Gasteiger partial charge in [-0.15, -0.1) is 0 Å². The second kappa shape index (κ2) is 9.98. The van der Waals surface area contributed by atoms with Crippen LogP contribution in [0.4, 0.5) is 10.5 Å². The zero-order valence-corrected chi connectivity index (χ0v) is 17.4. The smallest absolute Gasteiger partial charge is 0.319 e. The van der Waals surface area contributed by atoms with Crippen molar-refractivity contribution in [2.75, 3.05) is 32.1 Å². The Morgan fingerprint density at radius 3 is 2.66 bits per heavy atom. The largest absolute Gasteiger partial charge is 0.496 e. The molecule has 6 heteroatoms. The lowest BCUT2D eigenvalue weighted by Crippen LogP contribution is -2.28. The van der Waals surface area contributed by atoms with Gasteiger partial charge in [-0.25, -0.2) is 4.79 Å². The van der Waals surface area contributed by atoms with Gasteiger partial charge in [0, 0.05) is 48.0 Å². The van der Waals surface area contributed by atoms with Crippen molar-refractivity contribution >= 4 is 22.6 Å². The summed E-state index contributed by atoms with van der Waals surface area (Å²) in [4.78, 5) is 14.7. The number of hydrogen-bond acceptors (Lipinski definition) is 3. The molecule has 0 fully saturated rings. The SMILES string of the molecule is CCN(CC)CCn1ccc2cc(NC(=O)NCc3ccccc3OC)ccc21. The van der Waals surface area contributed by atoms with Crippen molar-refractivity contribution in [3.05, 3.63) is 60.3 Å². The summed E-state index contributed by atoms with van der Waals surface area (Å²) in [5.74, 6) is 0.764. The van der Waals surface area contributed by atoms with Crippen LogP contribution in [-0.2, 0) is 13.1 Å². The summed E-state index contributed by atoms with van der Waals surface area (Å²) < 4.78 is 7.58. The summed E-state index contributed by atoms with van der Waals surface area (Å²) in [5.41, 5.74) is 2.89. The van der Waals surface area contributed by atoms with Gasteiger partial charge in [-0.1, -0.05) is 32.0 Å². The number of ether oxygens (including phenoxy) is 1. The van der Waals surface area contributed by atoms with E-state index in [-0.39, 0.29) is 6.03 Å². The summed E-state index contributed by atoms with van der Waals surface area (Å²) in [6, 6.07) is 15.5. The van der Waals surface area contributed by atoms with Crippen LogP contribution in [0.15, 0.2) is 54.7 Å². The number of fused-ring (bicyclic) bond motifs is 1. The lowest BCUT2D eigenvalue weighted by molar-refractivity contribution is 0.251. The standard InChI is InChI=1S/C23H30N4O2/c1-4-26(5-2)14-15-27-13-12-18-16-20(10-11-21(18)27)25-23(28)24-17-19-8-6-7-9-22(19)29-3/h6-13,16H,4-5,14-15,17H2,1-3H3,(H2,24,25,28). The van der Waals surface area contributed by atoms with E-state index >= 15 is 0 Å². The molecule has 1 heterocycles. The Balaban J connectivity index is 1.60. The quantitative estimate of drug-likeness (QED) is 0.568. The van der Waals surface area contributed by atoms with E-state index in [0.29, 0.717) is 6.54 Å². The topological polar surface area (TPSA) is 58.5 Å². The van der Waals surface area contributed by atoms with Crippen molar-refractivity contribution in [2.45, 2.75) is 26.9 Å². The monoisotopic (exact) mass is 394 g/mol. The van der Waals surface area contributed by atoms with Gasteiger partial charge in [-0.3, -0.25) is 0 Å². The van der Waals surface area contributed by atoms with E-state index in [4.69, 9.17) is 4.74 Å². The summed E-state index contributed by atoms with van der Waals surface area (Å²) in [6.07, 6.45) is 2.11. The molecule has 0 saturated carbocycles. The van der Waals surface area contributed by atoms with Gasteiger partial charge in [0.15, 0.2) is 0 Å². The Kier molecular flexibility index (Phi) is 7.14. The Labute approximate surface area is 172 Å². The number of amides is 2. The number of para-hydroxylation sites is 1. The number of methoxy groups -OCH3 is 1. The number of rotatable bonds is 9. The van der Waals surface area contributed by atoms with E-state index in [9.17, 15) is 4.79 Å². The fourth-order valence-electron chi connectivity index (χ4n) is 3.46. The van der Waals surface area contributed by atoms with E-state index in [1.165, 1.54) is 5.52 Å². The van der Waals surface area contributed by atoms with Crippen LogP contribution in [0.1, 0.15) is 19.4 Å². The first-order valence-electron chi connectivity index (χ1n) is 10.1. The van der Waals surface area contributed by atoms with E-state index in [1.54, 1.807) is 7.11 Å². The fourth-order valence-corrected chi connectivity index (χ4v) is 3.46. The number of benzene rings is 2. The molecule has 0 aliphatic carbocycles. The first kappa shape index (κ1) is 20.7. The van der Waals surface area contributed by atoms with Crippen molar-refractivity contribution in [2.24, 2.45) is 0 Å². The van der Waals surface area contributed by atoms with Gasteiger partial charge >= 0.3 is 6.03 Å². The van der Waals surface area contributed by atoms with Crippen LogP contribution in [0.2, 0.25) is 0 Å². The Bertz CT molecular complexity index is 947. The first-order valence-corrected chi connectivity index (χ1v) is 10.1. The maximum atomic E-state index is 12.3. The molecule has 6 nitrogen and oxygen atoms in total. The van der Waals surface area contributed by atoms with Crippen molar-refractivity contribution in [3.63, 3.8) is 0 Å². The van der Waals surface area contributed by atoms with Crippen LogP contribution in [0.3, 0.4) is 0 Å². The molecule has 0 saturated heterocycles. The fraction of sp³-hybridized carbons (Fsp3) is 0.348. The Morgan fingerprint density at radius 1 is 1.10 bits per heavy atom. The number of anilines is 1. The van der Waals surface area contributed by atoms with E-state index in [0.717, 1.165) is 48.6 Å². The zero-order valence-electron chi connectivity index (χ0n) is 17.4. The van der Waals surface area contributed by atoms with E-state index in [2.05, 4.69) is 52.3 Å². The molecular formula is C23H30N4O2. The van der Waals surface area contributed by atoms with Crippen LogP contribution in [-0.4, -0.2) is 42.2 Å². The van der Waals surface area contributed by atoms with Gasteiger partial charge in [0.1, 0.15) is 5.75 Å². The molecule has 1 aromatic heterocycles. The summed E-state index contributed by atoms with van der Waals surface area (Å²) in [5, 5.41) is 6.91. The van der Waals surface area contributed by atoms with E-state index in [1.807, 2.05) is 36.4 Å². The average Bonchev–Trinajstić information content (AvgIpc) is 3.15. The highest BCUT2D eigenvalue weighted by Gasteiger charge is 2.08. The molecular weight excluding hydrogens is 364 g/mol. The van der Waals surface area contributed by atoms with Crippen molar-refractivity contribution < 1.29 is 9.53 Å². The molecule has 3 rings (SSSR count). The maximum absolute atomic E-state index is 12.3. The number of hydrogen-bond donors (Lipinski definition) is 2.